The molecular formula is C13H20N2O2. The van der Waals surface area contributed by atoms with Crippen molar-refractivity contribution in [3.05, 3.63) is 29.8 Å². The van der Waals surface area contributed by atoms with E-state index < -0.39 is 6.10 Å². The van der Waals surface area contributed by atoms with Crippen LogP contribution in [0, 0.1) is 0 Å². The molecule has 0 spiro atoms. The van der Waals surface area contributed by atoms with Gasteiger partial charge in [0.2, 0.25) is 0 Å². The Morgan fingerprint density at radius 3 is 2.41 bits per heavy atom. The molecule has 94 valence electrons. The Balaban J connectivity index is 2.78. The van der Waals surface area contributed by atoms with Crippen LogP contribution in [-0.2, 0) is 0 Å². The smallest absolute Gasteiger partial charge is 0.319 e. The number of para-hydroxylation sites is 1. The zero-order valence-electron chi connectivity index (χ0n) is 10.7. The molecule has 0 saturated carbocycles. The summed E-state index contributed by atoms with van der Waals surface area (Å²) in [7, 11) is 0. The lowest BCUT2D eigenvalue weighted by atomic mass is 10.1. The highest BCUT2D eigenvalue weighted by Gasteiger charge is 2.15. The largest absolute Gasteiger partial charge is 0.389 e. The van der Waals surface area contributed by atoms with E-state index in [1.165, 1.54) is 0 Å². The van der Waals surface area contributed by atoms with Crippen molar-refractivity contribution >= 4 is 11.7 Å². The van der Waals surface area contributed by atoms with Gasteiger partial charge in [0.05, 0.1) is 6.10 Å². The van der Waals surface area contributed by atoms with Crippen molar-refractivity contribution in [2.24, 2.45) is 0 Å². The van der Waals surface area contributed by atoms with Gasteiger partial charge in [0, 0.05) is 16.8 Å². The van der Waals surface area contributed by atoms with Crippen LogP contribution in [-0.4, -0.2) is 16.7 Å². The molecule has 4 nitrogen and oxygen atoms in total. The first kappa shape index (κ1) is 13.5. The third kappa shape index (κ3) is 4.44. The minimum absolute atomic E-state index is 0.273. The monoisotopic (exact) mass is 236 g/mol. The summed E-state index contributed by atoms with van der Waals surface area (Å²) in [5, 5.41) is 15.1. The Hall–Kier alpha value is -1.55. The number of anilines is 1. The van der Waals surface area contributed by atoms with Crippen molar-refractivity contribution in [2.45, 2.75) is 39.3 Å². The molecular weight excluding hydrogens is 216 g/mol. The number of hydrogen-bond acceptors (Lipinski definition) is 2. The Morgan fingerprint density at radius 2 is 1.88 bits per heavy atom. The number of rotatable bonds is 2. The molecule has 4 heteroatoms. The average molecular weight is 236 g/mol. The average Bonchev–Trinajstić information content (AvgIpc) is 2.14. The molecule has 1 atom stereocenters. The van der Waals surface area contributed by atoms with Gasteiger partial charge in [-0.15, -0.1) is 0 Å². The van der Waals surface area contributed by atoms with E-state index in [1.54, 1.807) is 19.1 Å². The molecule has 2 amide bonds. The minimum Gasteiger partial charge on any atom is -0.389 e. The standard InChI is InChI=1S/C13H20N2O2/c1-9(16)10-7-5-6-8-11(10)14-12(17)15-13(2,3)4/h5-9,16H,1-4H3,(H2,14,15,17). The van der Waals surface area contributed by atoms with Gasteiger partial charge < -0.3 is 15.7 Å². The molecule has 0 aliphatic heterocycles. The van der Waals surface area contributed by atoms with Crippen molar-refractivity contribution in [3.63, 3.8) is 0 Å². The highest BCUT2D eigenvalue weighted by Crippen LogP contribution is 2.22. The summed E-state index contributed by atoms with van der Waals surface area (Å²) in [5.74, 6) is 0. The van der Waals surface area contributed by atoms with E-state index in [-0.39, 0.29) is 11.6 Å². The third-order valence-corrected chi connectivity index (χ3v) is 2.15. The van der Waals surface area contributed by atoms with E-state index >= 15 is 0 Å². The van der Waals surface area contributed by atoms with Crippen LogP contribution >= 0.6 is 0 Å². The number of nitrogens with one attached hydrogen (secondary N) is 2. The maximum atomic E-state index is 11.7. The van der Waals surface area contributed by atoms with Crippen LogP contribution in [0.1, 0.15) is 39.4 Å². The second-order valence-corrected chi connectivity index (χ2v) is 5.09. The van der Waals surface area contributed by atoms with Crippen molar-refractivity contribution in [1.29, 1.82) is 0 Å². The van der Waals surface area contributed by atoms with E-state index in [0.29, 0.717) is 11.3 Å². The van der Waals surface area contributed by atoms with Gasteiger partial charge in [0.1, 0.15) is 0 Å². The fourth-order valence-corrected chi connectivity index (χ4v) is 1.47. The number of carbonyl (C=O) groups excluding carboxylic acids is 1. The van der Waals surface area contributed by atoms with Gasteiger partial charge in [-0.2, -0.15) is 0 Å². The lowest BCUT2D eigenvalue weighted by Gasteiger charge is -2.21. The number of benzene rings is 1. The molecule has 0 aliphatic rings. The van der Waals surface area contributed by atoms with E-state index in [9.17, 15) is 9.90 Å². The van der Waals surface area contributed by atoms with Crippen LogP contribution in [0.5, 0.6) is 0 Å². The molecule has 0 bridgehead atoms. The topological polar surface area (TPSA) is 61.4 Å². The van der Waals surface area contributed by atoms with Crippen molar-refractivity contribution < 1.29 is 9.90 Å². The first-order valence-corrected chi connectivity index (χ1v) is 5.66. The van der Waals surface area contributed by atoms with Crippen LogP contribution in [0.4, 0.5) is 10.5 Å². The summed E-state index contributed by atoms with van der Waals surface area (Å²) in [4.78, 5) is 11.7. The molecule has 1 aromatic rings. The molecule has 1 aromatic carbocycles. The summed E-state index contributed by atoms with van der Waals surface area (Å²) in [6.07, 6.45) is -0.610. The molecule has 0 fully saturated rings. The van der Waals surface area contributed by atoms with Crippen LogP contribution in [0.2, 0.25) is 0 Å². The maximum Gasteiger partial charge on any atom is 0.319 e. The number of carbonyl (C=O) groups is 1. The van der Waals surface area contributed by atoms with Crippen molar-refractivity contribution in [3.8, 4) is 0 Å². The van der Waals surface area contributed by atoms with Crippen LogP contribution in [0.15, 0.2) is 24.3 Å². The first-order chi connectivity index (χ1) is 7.79. The molecule has 1 rings (SSSR count). The summed E-state index contributed by atoms with van der Waals surface area (Å²) in [5.41, 5.74) is 1.05. The van der Waals surface area contributed by atoms with Gasteiger partial charge in [-0.05, 0) is 33.8 Å². The van der Waals surface area contributed by atoms with Gasteiger partial charge in [0.25, 0.3) is 0 Å². The predicted octanol–water partition coefficient (Wildman–Crippen LogP) is 2.66. The highest BCUT2D eigenvalue weighted by atomic mass is 16.3. The SMILES string of the molecule is CC(O)c1ccccc1NC(=O)NC(C)(C)C. The Labute approximate surface area is 102 Å². The van der Waals surface area contributed by atoms with E-state index in [1.807, 2.05) is 32.9 Å². The molecule has 0 heterocycles. The van der Waals surface area contributed by atoms with Gasteiger partial charge in [-0.25, -0.2) is 4.79 Å². The Morgan fingerprint density at radius 1 is 1.29 bits per heavy atom. The number of aliphatic hydroxyl groups is 1. The summed E-state index contributed by atoms with van der Waals surface area (Å²) >= 11 is 0. The molecule has 0 aromatic heterocycles. The maximum absolute atomic E-state index is 11.7. The molecule has 0 saturated heterocycles. The van der Waals surface area contributed by atoms with E-state index in [0.717, 1.165) is 0 Å². The Bertz CT molecular complexity index is 395. The summed E-state index contributed by atoms with van der Waals surface area (Å²) in [6, 6.07) is 6.93. The number of hydrogen-bond donors (Lipinski definition) is 3. The normalized spacial score (nSPS) is 13.0. The molecule has 3 N–H and O–H groups in total. The van der Waals surface area contributed by atoms with Crippen LogP contribution < -0.4 is 10.6 Å². The second kappa shape index (κ2) is 5.19. The molecule has 0 aliphatic carbocycles. The lowest BCUT2D eigenvalue weighted by molar-refractivity contribution is 0.200. The van der Waals surface area contributed by atoms with E-state index in [4.69, 9.17) is 0 Å². The molecule has 17 heavy (non-hydrogen) atoms. The van der Waals surface area contributed by atoms with Crippen molar-refractivity contribution in [1.82, 2.24) is 5.32 Å². The quantitative estimate of drug-likeness (QED) is 0.739. The Kier molecular flexibility index (Phi) is 4.12. The number of amides is 2. The van der Waals surface area contributed by atoms with Gasteiger partial charge in [0.15, 0.2) is 0 Å². The summed E-state index contributed by atoms with van der Waals surface area (Å²) in [6.45, 7) is 7.40. The van der Waals surface area contributed by atoms with Crippen LogP contribution in [0.3, 0.4) is 0 Å². The second-order valence-electron chi connectivity index (χ2n) is 5.09. The third-order valence-electron chi connectivity index (χ3n) is 2.15. The van der Waals surface area contributed by atoms with Crippen molar-refractivity contribution in [2.75, 3.05) is 5.32 Å². The van der Waals surface area contributed by atoms with E-state index in [2.05, 4.69) is 10.6 Å². The number of urea groups is 1. The highest BCUT2D eigenvalue weighted by molar-refractivity contribution is 5.90. The minimum atomic E-state index is -0.610. The predicted molar refractivity (Wildman–Crippen MR) is 69.0 cm³/mol. The molecule has 1 unspecified atom stereocenters. The lowest BCUT2D eigenvalue weighted by Crippen LogP contribution is -2.43. The number of aliphatic hydroxyl groups excluding tert-OH is 1. The van der Waals surface area contributed by atoms with Gasteiger partial charge in [-0.3, -0.25) is 0 Å². The van der Waals surface area contributed by atoms with Gasteiger partial charge >= 0.3 is 6.03 Å². The fraction of sp³-hybridized carbons (Fsp3) is 0.462. The van der Waals surface area contributed by atoms with Crippen LogP contribution in [0.25, 0.3) is 0 Å². The first-order valence-electron chi connectivity index (χ1n) is 5.66. The van der Waals surface area contributed by atoms with Gasteiger partial charge in [-0.1, -0.05) is 18.2 Å². The zero-order valence-corrected chi connectivity index (χ0v) is 10.7. The molecule has 0 radical (unpaired) electrons. The fourth-order valence-electron chi connectivity index (χ4n) is 1.47. The summed E-state index contributed by atoms with van der Waals surface area (Å²) < 4.78 is 0. The zero-order chi connectivity index (χ0) is 13.1.